The minimum atomic E-state index is 0.490. The van der Waals surface area contributed by atoms with Crippen molar-refractivity contribution in [2.75, 3.05) is 0 Å². The van der Waals surface area contributed by atoms with Gasteiger partial charge < -0.3 is 0 Å². The molecule has 2 rings (SSSR count). The van der Waals surface area contributed by atoms with Crippen LogP contribution in [0, 0.1) is 0 Å². The first-order valence-electron chi connectivity index (χ1n) is 6.50. The number of nitrogens with zero attached hydrogens (tertiary/aromatic N) is 1. The van der Waals surface area contributed by atoms with Crippen molar-refractivity contribution in [2.24, 2.45) is 0 Å². The van der Waals surface area contributed by atoms with E-state index in [1.807, 2.05) is 6.08 Å². The van der Waals surface area contributed by atoms with Crippen LogP contribution < -0.4 is 4.57 Å². The van der Waals surface area contributed by atoms with E-state index < -0.39 is 0 Å². The zero-order valence-corrected chi connectivity index (χ0v) is 10.9. The molecule has 1 aromatic heterocycles. The normalized spacial score (nSPS) is 12.1. The fourth-order valence-corrected chi connectivity index (χ4v) is 2.32. The second-order valence-electron chi connectivity index (χ2n) is 4.49. The van der Waals surface area contributed by atoms with Gasteiger partial charge in [-0.1, -0.05) is 43.8 Å². The van der Waals surface area contributed by atoms with Crippen molar-refractivity contribution in [3.63, 3.8) is 0 Å². The fraction of sp³-hybridized carbons (Fsp3) is 0.235. The predicted molar refractivity (Wildman–Crippen MR) is 75.4 cm³/mol. The van der Waals surface area contributed by atoms with Gasteiger partial charge in [-0.25, -0.2) is 4.57 Å². The van der Waals surface area contributed by atoms with Crippen LogP contribution in [0.25, 0.3) is 0 Å². The van der Waals surface area contributed by atoms with Crippen molar-refractivity contribution in [2.45, 2.75) is 25.8 Å². The summed E-state index contributed by atoms with van der Waals surface area (Å²) in [4.78, 5) is 0. The first kappa shape index (κ1) is 12.6. The van der Waals surface area contributed by atoms with Gasteiger partial charge in [0, 0.05) is 18.1 Å². The molecule has 1 aromatic carbocycles. The number of benzene rings is 1. The quantitative estimate of drug-likeness (QED) is 0.552. The summed E-state index contributed by atoms with van der Waals surface area (Å²) in [6.07, 6.45) is 7.29. The van der Waals surface area contributed by atoms with Gasteiger partial charge in [-0.3, -0.25) is 0 Å². The minimum Gasteiger partial charge on any atom is -0.201 e. The van der Waals surface area contributed by atoms with Gasteiger partial charge in [-0.15, -0.1) is 0 Å². The Bertz CT molecular complexity index is 485. The van der Waals surface area contributed by atoms with E-state index in [1.165, 1.54) is 11.1 Å². The first-order valence-corrected chi connectivity index (χ1v) is 6.50. The number of pyridine rings is 1. The van der Waals surface area contributed by atoms with Crippen LogP contribution in [0.4, 0.5) is 0 Å². The largest absolute Gasteiger partial charge is 0.201 e. The van der Waals surface area contributed by atoms with Gasteiger partial charge in [-0.2, -0.15) is 0 Å². The Balaban J connectivity index is 2.25. The zero-order chi connectivity index (χ0) is 12.8. The summed E-state index contributed by atoms with van der Waals surface area (Å²) >= 11 is 0. The van der Waals surface area contributed by atoms with E-state index in [0.717, 1.165) is 13.0 Å². The van der Waals surface area contributed by atoms with E-state index in [4.69, 9.17) is 0 Å². The van der Waals surface area contributed by atoms with Gasteiger partial charge in [0.2, 0.25) is 0 Å². The highest BCUT2D eigenvalue weighted by atomic mass is 14.9. The lowest BCUT2D eigenvalue weighted by Crippen LogP contribution is -2.31. The van der Waals surface area contributed by atoms with Gasteiger partial charge in [-0.05, 0) is 23.6 Å². The molecule has 18 heavy (non-hydrogen) atoms. The van der Waals surface area contributed by atoms with Crippen molar-refractivity contribution in [3.05, 3.63) is 78.6 Å². The maximum Gasteiger partial charge on any atom is 0.169 e. The summed E-state index contributed by atoms with van der Waals surface area (Å²) in [6, 6.07) is 15.1. The molecule has 1 nitrogen and oxygen atoms in total. The van der Waals surface area contributed by atoms with Gasteiger partial charge in [0.1, 0.15) is 0 Å². The van der Waals surface area contributed by atoms with Gasteiger partial charge in [0.15, 0.2) is 18.9 Å². The Labute approximate surface area is 109 Å². The summed E-state index contributed by atoms with van der Waals surface area (Å²) in [5.41, 5.74) is 2.77. The van der Waals surface area contributed by atoms with E-state index in [1.54, 1.807) is 0 Å². The summed E-state index contributed by atoms with van der Waals surface area (Å²) in [5.74, 6) is 0.490. The Hall–Kier alpha value is -1.89. The van der Waals surface area contributed by atoms with Crippen LogP contribution in [0.1, 0.15) is 30.4 Å². The molecule has 0 fully saturated rings. The Kier molecular flexibility index (Phi) is 4.30. The SMILES string of the molecule is C=CC[n+]1ccc(C(CC)c2ccccc2)cc1. The fourth-order valence-electron chi connectivity index (χ4n) is 2.32. The van der Waals surface area contributed by atoms with E-state index in [2.05, 4.69) is 72.9 Å². The highest BCUT2D eigenvalue weighted by Crippen LogP contribution is 2.26. The number of allylic oxidation sites excluding steroid dienone is 1. The second kappa shape index (κ2) is 6.15. The monoisotopic (exact) mass is 238 g/mol. The van der Waals surface area contributed by atoms with Crippen LogP contribution in [0.15, 0.2) is 67.5 Å². The maximum atomic E-state index is 3.76. The maximum absolute atomic E-state index is 3.76. The lowest BCUT2D eigenvalue weighted by molar-refractivity contribution is -0.687. The molecule has 0 aliphatic heterocycles. The predicted octanol–water partition coefficient (Wildman–Crippen LogP) is 3.70. The molecule has 1 heteroatoms. The van der Waals surface area contributed by atoms with E-state index in [-0.39, 0.29) is 0 Å². The van der Waals surface area contributed by atoms with Gasteiger partial charge >= 0.3 is 0 Å². The number of hydrogen-bond donors (Lipinski definition) is 0. The summed E-state index contributed by atoms with van der Waals surface area (Å²) in [7, 11) is 0. The topological polar surface area (TPSA) is 3.88 Å². The molecule has 0 N–H and O–H groups in total. The molecular weight excluding hydrogens is 218 g/mol. The average Bonchev–Trinajstić information content (AvgIpc) is 2.43. The molecule has 1 unspecified atom stereocenters. The van der Waals surface area contributed by atoms with E-state index in [0.29, 0.717) is 5.92 Å². The highest BCUT2D eigenvalue weighted by molar-refractivity contribution is 5.30. The molecule has 0 saturated heterocycles. The average molecular weight is 238 g/mol. The van der Waals surface area contributed by atoms with Gasteiger partial charge in [0.25, 0.3) is 0 Å². The molecule has 0 amide bonds. The summed E-state index contributed by atoms with van der Waals surface area (Å²) in [6.45, 7) is 6.86. The van der Waals surface area contributed by atoms with Crippen LogP contribution in [0.5, 0.6) is 0 Å². The van der Waals surface area contributed by atoms with Crippen LogP contribution >= 0.6 is 0 Å². The molecule has 0 bridgehead atoms. The third-order valence-electron chi connectivity index (χ3n) is 3.27. The number of rotatable bonds is 5. The highest BCUT2D eigenvalue weighted by Gasteiger charge is 2.12. The second-order valence-corrected chi connectivity index (χ2v) is 4.49. The van der Waals surface area contributed by atoms with Crippen molar-refractivity contribution < 1.29 is 4.57 Å². The van der Waals surface area contributed by atoms with Crippen molar-refractivity contribution in [1.82, 2.24) is 0 Å². The third-order valence-corrected chi connectivity index (χ3v) is 3.27. The molecule has 2 aromatic rings. The van der Waals surface area contributed by atoms with E-state index in [9.17, 15) is 0 Å². The van der Waals surface area contributed by atoms with E-state index >= 15 is 0 Å². The molecule has 92 valence electrons. The molecule has 0 aliphatic carbocycles. The first-order chi connectivity index (χ1) is 8.85. The van der Waals surface area contributed by atoms with Crippen molar-refractivity contribution >= 4 is 0 Å². The lowest BCUT2D eigenvalue weighted by atomic mass is 9.90. The summed E-state index contributed by atoms with van der Waals surface area (Å²) in [5, 5.41) is 0. The van der Waals surface area contributed by atoms with Crippen LogP contribution in [-0.4, -0.2) is 0 Å². The van der Waals surface area contributed by atoms with Crippen LogP contribution in [0.2, 0.25) is 0 Å². The van der Waals surface area contributed by atoms with Crippen molar-refractivity contribution in [3.8, 4) is 0 Å². The smallest absolute Gasteiger partial charge is 0.169 e. The zero-order valence-electron chi connectivity index (χ0n) is 10.9. The minimum absolute atomic E-state index is 0.490. The molecule has 0 spiro atoms. The molecule has 0 aliphatic rings. The van der Waals surface area contributed by atoms with Crippen LogP contribution in [-0.2, 0) is 6.54 Å². The molecule has 1 atom stereocenters. The molecule has 0 radical (unpaired) electrons. The Morgan fingerprint density at radius 3 is 2.22 bits per heavy atom. The third kappa shape index (κ3) is 2.86. The molecule has 1 heterocycles. The van der Waals surface area contributed by atoms with Gasteiger partial charge in [0.05, 0.1) is 0 Å². The lowest BCUT2D eigenvalue weighted by Gasteiger charge is -2.15. The summed E-state index contributed by atoms with van der Waals surface area (Å²) < 4.78 is 2.13. The molecular formula is C17H20N+. The Morgan fingerprint density at radius 1 is 1.06 bits per heavy atom. The standard InChI is InChI=1S/C17H20N/c1-3-12-18-13-10-16(11-14-18)17(4-2)15-8-6-5-7-9-15/h3,5-11,13-14,17H,1,4,12H2,2H3/q+1. The van der Waals surface area contributed by atoms with Crippen molar-refractivity contribution in [1.29, 1.82) is 0 Å². The number of aromatic nitrogens is 1. The Morgan fingerprint density at radius 2 is 1.67 bits per heavy atom. The van der Waals surface area contributed by atoms with Crippen LogP contribution in [0.3, 0.4) is 0 Å². The molecule has 0 saturated carbocycles. The number of hydrogen-bond acceptors (Lipinski definition) is 0.